The van der Waals surface area contributed by atoms with Crippen LogP contribution in [0, 0.1) is 17.6 Å². The molecule has 4 rings (SSSR count). The molecule has 0 radical (unpaired) electrons. The van der Waals surface area contributed by atoms with Gasteiger partial charge in [0.1, 0.15) is 11.6 Å². The van der Waals surface area contributed by atoms with Gasteiger partial charge in [-0.25, -0.2) is 8.78 Å². The highest BCUT2D eigenvalue weighted by atomic mass is 19.1. The molecule has 1 N–H and O–H groups in total. The number of halogens is 2. The van der Waals surface area contributed by atoms with Gasteiger partial charge in [0, 0.05) is 43.7 Å². The number of hydrogen-bond acceptors (Lipinski definition) is 5. The van der Waals surface area contributed by atoms with Gasteiger partial charge in [-0.05, 0) is 12.5 Å². The molecule has 0 saturated carbocycles. The zero-order chi connectivity index (χ0) is 20.7. The van der Waals surface area contributed by atoms with Gasteiger partial charge >= 0.3 is 0 Å². The van der Waals surface area contributed by atoms with Gasteiger partial charge in [0.2, 0.25) is 5.91 Å². The molecule has 156 valence electrons. The summed E-state index contributed by atoms with van der Waals surface area (Å²) in [7, 11) is 0. The number of carbonyl (C=O) groups excluding carboxylic acids is 1. The Morgan fingerprint density at radius 3 is 2.79 bits per heavy atom. The number of carbonyl (C=O) groups is 1. The van der Waals surface area contributed by atoms with Crippen LogP contribution in [0.3, 0.4) is 0 Å². The van der Waals surface area contributed by atoms with Crippen molar-refractivity contribution in [2.75, 3.05) is 13.1 Å². The maximum absolute atomic E-state index is 14.1. The van der Waals surface area contributed by atoms with Crippen LogP contribution in [-0.2, 0) is 24.4 Å². The van der Waals surface area contributed by atoms with Crippen LogP contribution in [0.25, 0.3) is 0 Å². The van der Waals surface area contributed by atoms with E-state index in [2.05, 4.69) is 10.2 Å². The van der Waals surface area contributed by atoms with Gasteiger partial charge in [-0.1, -0.05) is 19.9 Å². The lowest BCUT2D eigenvalue weighted by Crippen LogP contribution is -2.41. The fraction of sp³-hybridized carbons (Fsp3) is 0.550. The topological polar surface area (TPSA) is 74.5 Å². The normalized spacial score (nSPS) is 22.3. The smallest absolute Gasteiger partial charge is 0.225 e. The van der Waals surface area contributed by atoms with E-state index in [1.54, 1.807) is 4.90 Å². The van der Waals surface area contributed by atoms with Crippen molar-refractivity contribution in [3.8, 4) is 0 Å². The Labute approximate surface area is 167 Å². The van der Waals surface area contributed by atoms with E-state index in [1.165, 1.54) is 12.1 Å². The van der Waals surface area contributed by atoms with Crippen molar-refractivity contribution in [1.29, 1.82) is 0 Å². The molecule has 1 amide bonds. The lowest BCUT2D eigenvalue weighted by molar-refractivity contribution is -0.136. The molecule has 3 heterocycles. The summed E-state index contributed by atoms with van der Waals surface area (Å²) in [5, 5.41) is 18.9. The minimum atomic E-state index is -0.615. The largest absolute Gasteiger partial charge is 0.392 e. The molecule has 1 aromatic carbocycles. The monoisotopic (exact) mass is 405 g/mol. The zero-order valence-electron chi connectivity index (χ0n) is 16.6. The Morgan fingerprint density at radius 1 is 1.28 bits per heavy atom. The number of hydrogen-bond donors (Lipinski definition) is 1. The number of nitrogens with zero attached hydrogens (tertiary/aromatic N) is 5. The van der Waals surface area contributed by atoms with Crippen LogP contribution in [0.5, 0.6) is 0 Å². The van der Waals surface area contributed by atoms with E-state index >= 15 is 0 Å². The van der Waals surface area contributed by atoms with Crippen LogP contribution in [0.1, 0.15) is 43.5 Å². The number of rotatable bonds is 4. The number of aromatic nitrogens is 3. The number of aliphatic hydroxyl groups excluding tert-OH is 1. The van der Waals surface area contributed by atoms with Crippen LogP contribution in [-0.4, -0.2) is 54.8 Å². The Morgan fingerprint density at radius 2 is 2.07 bits per heavy atom. The van der Waals surface area contributed by atoms with Gasteiger partial charge < -0.3 is 14.6 Å². The van der Waals surface area contributed by atoms with Crippen molar-refractivity contribution >= 4 is 5.91 Å². The van der Waals surface area contributed by atoms with Crippen molar-refractivity contribution in [2.24, 2.45) is 5.92 Å². The van der Waals surface area contributed by atoms with Gasteiger partial charge in [0.25, 0.3) is 0 Å². The summed E-state index contributed by atoms with van der Waals surface area (Å²) >= 11 is 0. The third-order valence-electron chi connectivity index (χ3n) is 5.66. The van der Waals surface area contributed by atoms with Gasteiger partial charge in [0.05, 0.1) is 18.7 Å². The minimum absolute atomic E-state index is 0.0741. The van der Waals surface area contributed by atoms with E-state index in [0.29, 0.717) is 38.2 Å². The van der Waals surface area contributed by atoms with Crippen molar-refractivity contribution < 1.29 is 18.7 Å². The zero-order valence-corrected chi connectivity index (χ0v) is 16.6. The Kier molecular flexibility index (Phi) is 5.35. The van der Waals surface area contributed by atoms with Crippen LogP contribution >= 0.6 is 0 Å². The molecule has 1 saturated heterocycles. The summed E-state index contributed by atoms with van der Waals surface area (Å²) < 4.78 is 29.3. The quantitative estimate of drug-likeness (QED) is 0.841. The van der Waals surface area contributed by atoms with Crippen molar-refractivity contribution in [3.63, 3.8) is 0 Å². The highest BCUT2D eigenvalue weighted by Crippen LogP contribution is 2.34. The van der Waals surface area contributed by atoms with E-state index < -0.39 is 17.7 Å². The molecule has 2 atom stereocenters. The predicted octanol–water partition coefficient (Wildman–Crippen LogP) is 1.86. The van der Waals surface area contributed by atoms with Crippen LogP contribution in [0.4, 0.5) is 8.78 Å². The molecule has 2 aliphatic heterocycles. The lowest BCUT2D eigenvalue weighted by atomic mass is 10.1. The SMILES string of the molecule is CC(C)C(=O)N1CCn2c(nnc2[C@@H]2C[C@H](O)CN2Cc2ccc(F)cc2F)C1. The first-order valence-corrected chi connectivity index (χ1v) is 9.90. The number of fused-ring (bicyclic) bond motifs is 1. The lowest BCUT2D eigenvalue weighted by Gasteiger charge is -2.31. The summed E-state index contributed by atoms with van der Waals surface area (Å²) in [4.78, 5) is 16.0. The molecule has 0 unspecified atom stereocenters. The second-order valence-corrected chi connectivity index (χ2v) is 8.11. The highest BCUT2D eigenvalue weighted by Gasteiger charge is 2.37. The van der Waals surface area contributed by atoms with E-state index in [0.717, 1.165) is 17.7 Å². The molecule has 1 fully saturated rings. The third kappa shape index (κ3) is 3.89. The molecular weight excluding hydrogens is 380 g/mol. The number of likely N-dealkylation sites (tertiary alicyclic amines) is 1. The molecule has 29 heavy (non-hydrogen) atoms. The highest BCUT2D eigenvalue weighted by molar-refractivity contribution is 5.78. The maximum Gasteiger partial charge on any atom is 0.225 e. The maximum atomic E-state index is 14.1. The van der Waals surface area contributed by atoms with E-state index in [4.69, 9.17) is 0 Å². The van der Waals surface area contributed by atoms with Crippen molar-refractivity contribution in [2.45, 2.75) is 52.0 Å². The van der Waals surface area contributed by atoms with E-state index in [1.807, 2.05) is 23.3 Å². The number of amides is 1. The fourth-order valence-corrected chi connectivity index (χ4v) is 4.17. The van der Waals surface area contributed by atoms with Crippen LogP contribution < -0.4 is 0 Å². The molecular formula is C20H25F2N5O2. The van der Waals surface area contributed by atoms with E-state index in [-0.39, 0.29) is 24.4 Å². The summed E-state index contributed by atoms with van der Waals surface area (Å²) in [6, 6.07) is 3.32. The summed E-state index contributed by atoms with van der Waals surface area (Å²) in [6.07, 6.45) is -0.0886. The number of benzene rings is 1. The summed E-state index contributed by atoms with van der Waals surface area (Å²) in [6.45, 7) is 5.94. The fourth-order valence-electron chi connectivity index (χ4n) is 4.17. The molecule has 9 heteroatoms. The van der Waals surface area contributed by atoms with Gasteiger partial charge in [-0.2, -0.15) is 0 Å². The Balaban J connectivity index is 1.55. The van der Waals surface area contributed by atoms with Crippen molar-refractivity contribution in [1.82, 2.24) is 24.6 Å². The van der Waals surface area contributed by atoms with Crippen molar-refractivity contribution in [3.05, 3.63) is 47.0 Å². The van der Waals surface area contributed by atoms with Gasteiger partial charge in [-0.15, -0.1) is 10.2 Å². The average Bonchev–Trinajstić information content (AvgIpc) is 3.25. The first kappa shape index (κ1) is 19.9. The summed E-state index contributed by atoms with van der Waals surface area (Å²) in [5.74, 6) is 0.235. The molecule has 7 nitrogen and oxygen atoms in total. The van der Waals surface area contributed by atoms with Crippen LogP contribution in [0.15, 0.2) is 18.2 Å². The molecule has 1 aromatic heterocycles. The first-order chi connectivity index (χ1) is 13.8. The molecule has 2 aromatic rings. The molecule has 0 bridgehead atoms. The molecule has 0 aliphatic carbocycles. The second kappa shape index (κ2) is 7.79. The third-order valence-corrected chi connectivity index (χ3v) is 5.66. The Hall–Kier alpha value is -2.39. The Bertz CT molecular complexity index is 916. The molecule has 0 spiro atoms. The second-order valence-electron chi connectivity index (χ2n) is 8.11. The number of aliphatic hydroxyl groups is 1. The standard InChI is InChI=1S/C20H25F2N5O2/c1-12(2)20(29)25-5-6-27-18(11-25)23-24-19(27)17-8-15(28)10-26(17)9-13-3-4-14(21)7-16(13)22/h3-4,7,12,15,17,28H,5-6,8-11H2,1-2H3/t15-,17-/m0/s1. The van der Waals surface area contributed by atoms with E-state index in [9.17, 15) is 18.7 Å². The van der Waals surface area contributed by atoms with Crippen LogP contribution in [0.2, 0.25) is 0 Å². The average molecular weight is 405 g/mol. The van der Waals surface area contributed by atoms with Gasteiger partial charge in [0.15, 0.2) is 11.6 Å². The van der Waals surface area contributed by atoms with Gasteiger partial charge in [-0.3, -0.25) is 9.69 Å². The molecule has 2 aliphatic rings. The summed E-state index contributed by atoms with van der Waals surface area (Å²) in [5.41, 5.74) is 0.373. The predicted molar refractivity (Wildman–Crippen MR) is 100 cm³/mol. The number of β-amino-alcohol motifs (C(OH)–C–C–N with tert-alkyl or cyclic N) is 1. The first-order valence-electron chi connectivity index (χ1n) is 9.90. The minimum Gasteiger partial charge on any atom is -0.392 e.